The molecule has 25 heavy (non-hydrogen) atoms. The number of oxazole rings is 1. The zero-order valence-corrected chi connectivity index (χ0v) is 14.4. The number of amides is 2. The van der Waals surface area contributed by atoms with Crippen LogP contribution < -0.4 is 5.32 Å². The van der Waals surface area contributed by atoms with Crippen LogP contribution in [-0.4, -0.2) is 47.9 Å². The quantitative estimate of drug-likeness (QED) is 0.834. The molecule has 0 unspecified atom stereocenters. The average Bonchev–Trinajstić information content (AvgIpc) is 3.32. The number of hydrogen-bond acceptors (Lipinski definition) is 7. The first-order valence-electron chi connectivity index (χ1n) is 7.76. The second kappa shape index (κ2) is 7.47. The Kier molecular flexibility index (Phi) is 5.13. The lowest BCUT2D eigenvalue weighted by Crippen LogP contribution is -2.40. The van der Waals surface area contributed by atoms with E-state index in [1.54, 1.807) is 22.4 Å². The molecule has 0 aliphatic carbocycles. The summed E-state index contributed by atoms with van der Waals surface area (Å²) in [5.74, 6) is -1.04. The van der Waals surface area contributed by atoms with Crippen molar-refractivity contribution in [2.45, 2.75) is 12.8 Å². The number of esters is 1. The number of anilines is 1. The van der Waals surface area contributed by atoms with Crippen LogP contribution in [0.4, 0.5) is 6.01 Å². The van der Waals surface area contributed by atoms with Gasteiger partial charge in [-0.25, -0.2) is 0 Å². The average molecular weight is 363 g/mol. The van der Waals surface area contributed by atoms with Crippen molar-refractivity contribution in [1.82, 2.24) is 9.88 Å². The first kappa shape index (κ1) is 17.2. The minimum atomic E-state index is -0.338. The number of aromatic nitrogens is 1. The highest BCUT2D eigenvalue weighted by Gasteiger charge is 2.29. The van der Waals surface area contributed by atoms with Gasteiger partial charge in [-0.05, 0) is 24.3 Å². The Balaban J connectivity index is 1.58. The summed E-state index contributed by atoms with van der Waals surface area (Å²) in [6.45, 7) is 0.894. The number of likely N-dealkylation sites (tertiary alicyclic amines) is 1. The van der Waals surface area contributed by atoms with Gasteiger partial charge in [-0.15, -0.1) is 11.3 Å². The minimum Gasteiger partial charge on any atom is -0.469 e. The van der Waals surface area contributed by atoms with Gasteiger partial charge in [0, 0.05) is 13.1 Å². The van der Waals surface area contributed by atoms with E-state index in [9.17, 15) is 14.4 Å². The van der Waals surface area contributed by atoms with E-state index in [1.165, 1.54) is 24.7 Å². The number of ether oxygens (including phenoxy) is 1. The Labute approximate surface area is 147 Å². The number of nitrogens with one attached hydrogen (secondary N) is 1. The van der Waals surface area contributed by atoms with Crippen LogP contribution in [0.25, 0.3) is 0 Å². The van der Waals surface area contributed by atoms with Gasteiger partial charge in [0.2, 0.25) is 0 Å². The highest BCUT2D eigenvalue weighted by atomic mass is 32.1. The molecule has 0 spiro atoms. The van der Waals surface area contributed by atoms with E-state index in [1.807, 2.05) is 0 Å². The molecule has 0 aromatic carbocycles. The van der Waals surface area contributed by atoms with Crippen molar-refractivity contribution in [3.63, 3.8) is 0 Å². The zero-order valence-electron chi connectivity index (χ0n) is 13.6. The van der Waals surface area contributed by atoms with Crippen molar-refractivity contribution in [3.05, 3.63) is 34.3 Å². The largest absolute Gasteiger partial charge is 0.469 e. The Morgan fingerprint density at radius 3 is 2.76 bits per heavy atom. The summed E-state index contributed by atoms with van der Waals surface area (Å²) in [7, 11) is 1.36. The summed E-state index contributed by atoms with van der Waals surface area (Å²) in [4.78, 5) is 42.1. The topological polar surface area (TPSA) is 102 Å². The number of piperidine rings is 1. The van der Waals surface area contributed by atoms with E-state index < -0.39 is 0 Å². The van der Waals surface area contributed by atoms with Crippen molar-refractivity contribution >= 4 is 35.1 Å². The van der Waals surface area contributed by atoms with Crippen LogP contribution in [0.1, 0.15) is 33.0 Å². The number of methoxy groups -OCH3 is 1. The van der Waals surface area contributed by atoms with Gasteiger partial charge in [0.05, 0.1) is 17.9 Å². The predicted octanol–water partition coefficient (Wildman–Crippen LogP) is 2.01. The van der Waals surface area contributed by atoms with E-state index >= 15 is 0 Å². The summed E-state index contributed by atoms with van der Waals surface area (Å²) in [5.41, 5.74) is 0.123. The van der Waals surface area contributed by atoms with E-state index in [0.29, 0.717) is 30.8 Å². The molecule has 1 aliphatic rings. The summed E-state index contributed by atoms with van der Waals surface area (Å²) < 4.78 is 9.89. The van der Waals surface area contributed by atoms with Crippen molar-refractivity contribution < 1.29 is 23.5 Å². The summed E-state index contributed by atoms with van der Waals surface area (Å²) in [6.07, 6.45) is 2.33. The van der Waals surface area contributed by atoms with Gasteiger partial charge >= 0.3 is 12.0 Å². The predicted molar refractivity (Wildman–Crippen MR) is 89.4 cm³/mol. The molecule has 132 valence electrons. The molecule has 3 rings (SSSR count). The molecule has 1 aliphatic heterocycles. The second-order valence-electron chi connectivity index (χ2n) is 5.56. The maximum atomic E-state index is 12.5. The Morgan fingerprint density at radius 2 is 2.12 bits per heavy atom. The van der Waals surface area contributed by atoms with E-state index in [0.717, 1.165) is 0 Å². The van der Waals surface area contributed by atoms with Crippen LogP contribution in [0.5, 0.6) is 0 Å². The lowest BCUT2D eigenvalue weighted by Gasteiger charge is -2.30. The fraction of sp³-hybridized carbons (Fsp3) is 0.375. The number of carbonyl (C=O) groups is 3. The van der Waals surface area contributed by atoms with Gasteiger partial charge < -0.3 is 14.1 Å². The molecule has 0 atom stereocenters. The molecule has 3 heterocycles. The molecule has 8 nitrogen and oxygen atoms in total. The highest BCUT2D eigenvalue weighted by Crippen LogP contribution is 2.21. The molecular weight excluding hydrogens is 346 g/mol. The SMILES string of the molecule is COC(=O)C1CCN(C(=O)c2coc(NC(=O)c3cccs3)n2)CC1. The maximum Gasteiger partial charge on any atom is 0.308 e. The standard InChI is InChI=1S/C16H17N3O5S/c1-23-15(22)10-4-6-19(7-5-10)14(21)11-9-24-16(17-11)18-13(20)12-3-2-8-25-12/h2-3,8-10H,4-7H2,1H3,(H,17,18,20). The maximum absolute atomic E-state index is 12.5. The van der Waals surface area contributed by atoms with Crippen LogP contribution in [0.2, 0.25) is 0 Å². The zero-order chi connectivity index (χ0) is 17.8. The molecule has 0 radical (unpaired) electrons. The first-order chi connectivity index (χ1) is 12.1. The number of thiophene rings is 1. The summed E-state index contributed by atoms with van der Waals surface area (Å²) >= 11 is 1.30. The van der Waals surface area contributed by atoms with Crippen LogP contribution >= 0.6 is 11.3 Å². The molecule has 2 amide bonds. The summed E-state index contributed by atoms with van der Waals surface area (Å²) in [6, 6.07) is 3.42. The van der Waals surface area contributed by atoms with Gasteiger partial charge in [-0.1, -0.05) is 6.07 Å². The lowest BCUT2D eigenvalue weighted by molar-refractivity contribution is -0.146. The van der Waals surface area contributed by atoms with Crippen molar-refractivity contribution in [2.24, 2.45) is 5.92 Å². The van der Waals surface area contributed by atoms with Gasteiger partial charge in [-0.2, -0.15) is 4.98 Å². The molecule has 1 fully saturated rings. The summed E-state index contributed by atoms with van der Waals surface area (Å²) in [5, 5.41) is 4.30. The third-order valence-corrected chi connectivity index (χ3v) is 4.87. The lowest BCUT2D eigenvalue weighted by atomic mass is 9.97. The van der Waals surface area contributed by atoms with Gasteiger partial charge in [-0.3, -0.25) is 19.7 Å². The van der Waals surface area contributed by atoms with Gasteiger partial charge in [0.15, 0.2) is 5.69 Å². The van der Waals surface area contributed by atoms with E-state index in [4.69, 9.17) is 9.15 Å². The second-order valence-corrected chi connectivity index (χ2v) is 6.51. The molecule has 2 aromatic heterocycles. The highest BCUT2D eigenvalue weighted by molar-refractivity contribution is 7.12. The molecular formula is C16H17N3O5S. The number of hydrogen-bond donors (Lipinski definition) is 1. The Bertz CT molecular complexity index is 763. The fourth-order valence-electron chi connectivity index (χ4n) is 2.64. The Hall–Kier alpha value is -2.68. The van der Waals surface area contributed by atoms with E-state index in [-0.39, 0.29) is 35.4 Å². The Morgan fingerprint density at radius 1 is 1.36 bits per heavy atom. The van der Waals surface area contributed by atoms with Crippen LogP contribution in [0.3, 0.4) is 0 Å². The van der Waals surface area contributed by atoms with Crippen molar-refractivity contribution in [3.8, 4) is 0 Å². The first-order valence-corrected chi connectivity index (χ1v) is 8.64. The minimum absolute atomic E-state index is 0.0220. The molecule has 0 saturated carbocycles. The van der Waals surface area contributed by atoms with Crippen LogP contribution in [0, 0.1) is 5.92 Å². The van der Waals surface area contributed by atoms with Crippen molar-refractivity contribution in [2.75, 3.05) is 25.5 Å². The fourth-order valence-corrected chi connectivity index (χ4v) is 3.26. The molecule has 2 aromatic rings. The molecule has 1 N–H and O–H groups in total. The van der Waals surface area contributed by atoms with Crippen LogP contribution in [0.15, 0.2) is 28.2 Å². The number of nitrogens with zero attached hydrogens (tertiary/aromatic N) is 2. The monoisotopic (exact) mass is 363 g/mol. The molecule has 0 bridgehead atoms. The third-order valence-electron chi connectivity index (χ3n) is 4.01. The van der Waals surface area contributed by atoms with Gasteiger partial charge in [0.1, 0.15) is 6.26 Å². The number of carbonyl (C=O) groups excluding carboxylic acids is 3. The van der Waals surface area contributed by atoms with Crippen LogP contribution in [-0.2, 0) is 9.53 Å². The third kappa shape index (κ3) is 3.87. The normalized spacial score (nSPS) is 15.0. The van der Waals surface area contributed by atoms with Gasteiger partial charge in [0.25, 0.3) is 11.8 Å². The smallest absolute Gasteiger partial charge is 0.308 e. The molecule has 9 heteroatoms. The molecule has 1 saturated heterocycles. The number of rotatable bonds is 4. The van der Waals surface area contributed by atoms with E-state index in [2.05, 4.69) is 10.3 Å². The van der Waals surface area contributed by atoms with Crippen molar-refractivity contribution in [1.29, 1.82) is 0 Å².